The van der Waals surface area contributed by atoms with Gasteiger partial charge in [0.1, 0.15) is 0 Å². The fourth-order valence-electron chi connectivity index (χ4n) is 1.86. The molecule has 0 radical (unpaired) electrons. The highest BCUT2D eigenvalue weighted by molar-refractivity contribution is 7.80. The highest BCUT2D eigenvalue weighted by Gasteiger charge is 2.01. The van der Waals surface area contributed by atoms with Gasteiger partial charge in [0.25, 0.3) is 0 Å². The molecule has 2 nitrogen and oxygen atoms in total. The Kier molecular flexibility index (Phi) is 8.99. The van der Waals surface area contributed by atoms with Crippen molar-refractivity contribution < 1.29 is 0 Å². The molecule has 0 fully saturated rings. The minimum atomic E-state index is 0.524. The number of halogens is 2. The third-order valence-electron chi connectivity index (χ3n) is 2.99. The lowest BCUT2D eigenvalue weighted by Crippen LogP contribution is -2.29. The molecule has 0 heterocycles. The molecule has 0 saturated carbocycles. The van der Waals surface area contributed by atoms with Gasteiger partial charge < -0.3 is 10.6 Å². The van der Waals surface area contributed by atoms with Crippen LogP contribution < -0.4 is 10.6 Å². The normalized spacial score (nSPS) is 10.3. The van der Waals surface area contributed by atoms with Crippen LogP contribution in [0.15, 0.2) is 18.2 Å². The summed E-state index contributed by atoms with van der Waals surface area (Å²) in [5.41, 5.74) is 0.847. The Morgan fingerprint density at radius 1 is 1.05 bits per heavy atom. The fourth-order valence-corrected chi connectivity index (χ4v) is 2.37. The van der Waals surface area contributed by atoms with Gasteiger partial charge in [0, 0.05) is 12.2 Å². The van der Waals surface area contributed by atoms with Gasteiger partial charge in [-0.3, -0.25) is 0 Å². The van der Waals surface area contributed by atoms with E-state index in [0.29, 0.717) is 15.2 Å². The van der Waals surface area contributed by atoms with E-state index in [1.54, 1.807) is 12.1 Å². The monoisotopic (exact) mass is 332 g/mol. The molecule has 0 aliphatic rings. The zero-order valence-electron chi connectivity index (χ0n) is 11.8. The molecule has 0 saturated heterocycles. The van der Waals surface area contributed by atoms with E-state index < -0.39 is 0 Å². The predicted octanol–water partition coefficient (Wildman–Crippen LogP) is 5.64. The van der Waals surface area contributed by atoms with E-state index in [4.69, 9.17) is 35.4 Å². The van der Waals surface area contributed by atoms with Crippen LogP contribution in [0.25, 0.3) is 0 Å². The van der Waals surface area contributed by atoms with E-state index in [2.05, 4.69) is 17.6 Å². The second-order valence-electron chi connectivity index (χ2n) is 4.78. The van der Waals surface area contributed by atoms with E-state index in [1.807, 2.05) is 6.07 Å². The van der Waals surface area contributed by atoms with Gasteiger partial charge in [-0.2, -0.15) is 0 Å². The van der Waals surface area contributed by atoms with Crippen molar-refractivity contribution >= 4 is 46.2 Å². The Morgan fingerprint density at radius 2 is 1.75 bits per heavy atom. The largest absolute Gasteiger partial charge is 0.362 e. The van der Waals surface area contributed by atoms with Crippen LogP contribution in [-0.2, 0) is 0 Å². The molecular formula is C15H22Cl2N2S. The van der Waals surface area contributed by atoms with Crippen LogP contribution >= 0.6 is 35.4 Å². The van der Waals surface area contributed by atoms with Crippen molar-refractivity contribution in [2.24, 2.45) is 0 Å². The average molecular weight is 333 g/mol. The maximum absolute atomic E-state index is 5.95. The Morgan fingerprint density at radius 3 is 2.45 bits per heavy atom. The first-order valence-electron chi connectivity index (χ1n) is 7.13. The number of hydrogen-bond acceptors (Lipinski definition) is 1. The lowest BCUT2D eigenvalue weighted by molar-refractivity contribution is 0.603. The molecule has 0 unspecified atom stereocenters. The standard InChI is InChI=1S/C15H22Cl2N2S/c1-2-3-4-5-6-7-10-18-15(20)19-12-8-9-13(16)14(17)11-12/h8-9,11H,2-7,10H2,1H3,(H2,18,19,20). The summed E-state index contributed by atoms with van der Waals surface area (Å²) in [5.74, 6) is 0. The van der Waals surface area contributed by atoms with Crippen molar-refractivity contribution in [2.45, 2.75) is 45.4 Å². The summed E-state index contributed by atoms with van der Waals surface area (Å²) >= 11 is 17.0. The Bertz CT molecular complexity index is 424. The molecule has 0 aromatic heterocycles. The minimum Gasteiger partial charge on any atom is -0.362 e. The van der Waals surface area contributed by atoms with Crippen LogP contribution in [-0.4, -0.2) is 11.7 Å². The number of hydrogen-bond donors (Lipinski definition) is 2. The van der Waals surface area contributed by atoms with Gasteiger partial charge >= 0.3 is 0 Å². The number of rotatable bonds is 8. The molecule has 1 aromatic rings. The Labute approximate surface area is 137 Å². The zero-order chi connectivity index (χ0) is 14.8. The molecule has 0 aliphatic heterocycles. The topological polar surface area (TPSA) is 24.1 Å². The molecule has 5 heteroatoms. The molecular weight excluding hydrogens is 311 g/mol. The van der Waals surface area contributed by atoms with Gasteiger partial charge in [0.05, 0.1) is 10.0 Å². The van der Waals surface area contributed by atoms with Crippen LogP contribution in [0, 0.1) is 0 Å². The molecule has 2 N–H and O–H groups in total. The first-order chi connectivity index (χ1) is 9.63. The Balaban J connectivity index is 2.15. The number of benzene rings is 1. The third kappa shape index (κ3) is 7.32. The van der Waals surface area contributed by atoms with Crippen LogP contribution in [0.5, 0.6) is 0 Å². The summed E-state index contributed by atoms with van der Waals surface area (Å²) in [5, 5.41) is 7.99. The summed E-state index contributed by atoms with van der Waals surface area (Å²) in [6.07, 6.45) is 7.67. The second-order valence-corrected chi connectivity index (χ2v) is 6.00. The second kappa shape index (κ2) is 10.3. The first-order valence-corrected chi connectivity index (χ1v) is 8.29. The molecule has 20 heavy (non-hydrogen) atoms. The highest BCUT2D eigenvalue weighted by atomic mass is 35.5. The van der Waals surface area contributed by atoms with Crippen LogP contribution in [0.3, 0.4) is 0 Å². The number of thiocarbonyl (C=S) groups is 1. The highest BCUT2D eigenvalue weighted by Crippen LogP contribution is 2.24. The van der Waals surface area contributed by atoms with Crippen molar-refractivity contribution in [3.63, 3.8) is 0 Å². The summed E-state index contributed by atoms with van der Waals surface area (Å²) in [6, 6.07) is 5.37. The first kappa shape index (κ1) is 17.5. The van der Waals surface area contributed by atoms with Crippen molar-refractivity contribution in [2.75, 3.05) is 11.9 Å². The van der Waals surface area contributed by atoms with Crippen LogP contribution in [0.4, 0.5) is 5.69 Å². The maximum Gasteiger partial charge on any atom is 0.170 e. The van der Waals surface area contributed by atoms with Gasteiger partial charge in [-0.15, -0.1) is 0 Å². The van der Waals surface area contributed by atoms with Crippen molar-refractivity contribution in [1.29, 1.82) is 0 Å². The molecule has 0 atom stereocenters. The molecule has 0 aliphatic carbocycles. The molecule has 0 amide bonds. The number of nitrogens with one attached hydrogen (secondary N) is 2. The summed E-state index contributed by atoms with van der Waals surface area (Å²) in [7, 11) is 0. The van der Waals surface area contributed by atoms with E-state index in [1.165, 1.54) is 32.1 Å². The maximum atomic E-state index is 5.95. The molecule has 0 spiro atoms. The SMILES string of the molecule is CCCCCCCCNC(=S)Nc1ccc(Cl)c(Cl)c1. The molecule has 112 valence electrons. The molecule has 1 rings (SSSR count). The van der Waals surface area contributed by atoms with Crippen molar-refractivity contribution in [3.05, 3.63) is 28.2 Å². The number of unbranched alkanes of at least 4 members (excludes halogenated alkanes) is 5. The van der Waals surface area contributed by atoms with E-state index in [-0.39, 0.29) is 0 Å². The fraction of sp³-hybridized carbons (Fsp3) is 0.533. The predicted molar refractivity (Wildman–Crippen MR) is 94.1 cm³/mol. The van der Waals surface area contributed by atoms with Gasteiger partial charge in [0.15, 0.2) is 5.11 Å². The Hall–Kier alpha value is -0.510. The van der Waals surface area contributed by atoms with Gasteiger partial charge in [-0.05, 0) is 36.8 Å². The van der Waals surface area contributed by atoms with Crippen LogP contribution in [0.1, 0.15) is 45.4 Å². The van der Waals surface area contributed by atoms with Gasteiger partial charge in [0.2, 0.25) is 0 Å². The minimum absolute atomic E-state index is 0.524. The molecule has 1 aromatic carbocycles. The van der Waals surface area contributed by atoms with Crippen molar-refractivity contribution in [1.82, 2.24) is 5.32 Å². The summed E-state index contributed by atoms with van der Waals surface area (Å²) in [4.78, 5) is 0. The van der Waals surface area contributed by atoms with Crippen molar-refractivity contribution in [3.8, 4) is 0 Å². The van der Waals surface area contributed by atoms with E-state index in [0.717, 1.165) is 18.7 Å². The average Bonchev–Trinajstić information content (AvgIpc) is 2.42. The quantitative estimate of drug-likeness (QED) is 0.475. The van der Waals surface area contributed by atoms with Crippen LogP contribution in [0.2, 0.25) is 10.0 Å². The van der Waals surface area contributed by atoms with Gasteiger partial charge in [-0.25, -0.2) is 0 Å². The van der Waals surface area contributed by atoms with E-state index >= 15 is 0 Å². The summed E-state index contributed by atoms with van der Waals surface area (Å²) < 4.78 is 0. The smallest absolute Gasteiger partial charge is 0.170 e. The molecule has 0 bridgehead atoms. The summed E-state index contributed by atoms with van der Waals surface area (Å²) in [6.45, 7) is 3.13. The van der Waals surface area contributed by atoms with E-state index in [9.17, 15) is 0 Å². The lowest BCUT2D eigenvalue weighted by Gasteiger charge is -2.11. The lowest BCUT2D eigenvalue weighted by atomic mass is 10.1. The zero-order valence-corrected chi connectivity index (χ0v) is 14.2. The number of anilines is 1. The third-order valence-corrected chi connectivity index (χ3v) is 3.98. The van der Waals surface area contributed by atoms with Gasteiger partial charge in [-0.1, -0.05) is 62.2 Å².